The van der Waals surface area contributed by atoms with Gasteiger partial charge in [0.1, 0.15) is 11.5 Å². The molecule has 2 heterocycles. The molecule has 0 aliphatic heterocycles. The summed E-state index contributed by atoms with van der Waals surface area (Å²) in [7, 11) is 0. The maximum absolute atomic E-state index is 11.0. The van der Waals surface area contributed by atoms with Crippen molar-refractivity contribution in [3.8, 4) is 0 Å². The van der Waals surface area contributed by atoms with Crippen LogP contribution in [0.2, 0.25) is 0 Å². The van der Waals surface area contributed by atoms with Crippen LogP contribution in [0.1, 0.15) is 35.6 Å². The molecule has 0 bridgehead atoms. The Morgan fingerprint density at radius 1 is 1.50 bits per heavy atom. The summed E-state index contributed by atoms with van der Waals surface area (Å²) < 4.78 is 7.05. The number of furan rings is 1. The molecule has 0 saturated heterocycles. The lowest BCUT2D eigenvalue weighted by molar-refractivity contribution is 0.0683. The lowest BCUT2D eigenvalue weighted by atomic mass is 10.1. The molecule has 0 spiro atoms. The average molecular weight is 219 g/mol. The highest BCUT2D eigenvalue weighted by Crippen LogP contribution is 2.24. The molecule has 2 aromatic heterocycles. The first-order valence-electron chi connectivity index (χ1n) is 5.17. The van der Waals surface area contributed by atoms with E-state index in [1.807, 2.05) is 19.1 Å². The third-order valence-corrected chi connectivity index (χ3v) is 2.59. The number of carboxylic acids is 1. The predicted molar refractivity (Wildman–Crippen MR) is 58.5 cm³/mol. The first kappa shape index (κ1) is 10.5. The smallest absolute Gasteiger partial charge is 0.352 e. The van der Waals surface area contributed by atoms with Crippen molar-refractivity contribution >= 4 is 5.97 Å². The molecule has 16 heavy (non-hydrogen) atoms. The molecule has 0 aliphatic rings. The zero-order valence-electron chi connectivity index (χ0n) is 8.96. The number of carboxylic acid groups (broad SMARTS) is 1. The Bertz CT molecular complexity index is 470. The standard InChI is InChI=1S/C12H13NO3/c1-2-9(11-6-4-8-16-11)13-7-3-5-10(13)12(14)15/h3-9H,2H2,1H3,(H,14,15). The van der Waals surface area contributed by atoms with Crippen LogP contribution in [0.25, 0.3) is 0 Å². The molecule has 4 nitrogen and oxygen atoms in total. The Balaban J connectivity index is 2.41. The molecule has 0 amide bonds. The van der Waals surface area contributed by atoms with Crippen LogP contribution in [-0.2, 0) is 0 Å². The molecule has 84 valence electrons. The van der Waals surface area contributed by atoms with Gasteiger partial charge in [-0.05, 0) is 30.7 Å². The van der Waals surface area contributed by atoms with Crippen molar-refractivity contribution < 1.29 is 14.3 Å². The van der Waals surface area contributed by atoms with Crippen molar-refractivity contribution in [2.75, 3.05) is 0 Å². The van der Waals surface area contributed by atoms with Crippen LogP contribution in [0.15, 0.2) is 41.1 Å². The molecule has 0 aromatic carbocycles. The maximum Gasteiger partial charge on any atom is 0.352 e. The van der Waals surface area contributed by atoms with Gasteiger partial charge in [0.15, 0.2) is 0 Å². The van der Waals surface area contributed by atoms with Crippen LogP contribution >= 0.6 is 0 Å². The number of aromatic nitrogens is 1. The molecule has 0 fully saturated rings. The van der Waals surface area contributed by atoms with Gasteiger partial charge in [-0.1, -0.05) is 6.92 Å². The van der Waals surface area contributed by atoms with E-state index in [4.69, 9.17) is 9.52 Å². The SMILES string of the molecule is CCC(c1ccco1)n1cccc1C(=O)O. The van der Waals surface area contributed by atoms with Gasteiger partial charge in [0, 0.05) is 6.20 Å². The minimum absolute atomic E-state index is 0.0592. The summed E-state index contributed by atoms with van der Waals surface area (Å²) in [5.41, 5.74) is 0.281. The lowest BCUT2D eigenvalue weighted by Crippen LogP contribution is -2.14. The van der Waals surface area contributed by atoms with E-state index >= 15 is 0 Å². The van der Waals surface area contributed by atoms with Crippen molar-refractivity contribution in [2.24, 2.45) is 0 Å². The fraction of sp³-hybridized carbons (Fsp3) is 0.250. The van der Waals surface area contributed by atoms with Gasteiger partial charge in [-0.15, -0.1) is 0 Å². The van der Waals surface area contributed by atoms with Gasteiger partial charge in [-0.2, -0.15) is 0 Å². The van der Waals surface area contributed by atoms with Crippen LogP contribution < -0.4 is 0 Å². The fourth-order valence-electron chi connectivity index (χ4n) is 1.86. The van der Waals surface area contributed by atoms with Gasteiger partial charge in [0.25, 0.3) is 0 Å². The molecule has 0 aliphatic carbocycles. The molecule has 1 unspecified atom stereocenters. The van der Waals surface area contributed by atoms with Crippen LogP contribution in [0, 0.1) is 0 Å². The Kier molecular flexibility index (Phi) is 2.81. The summed E-state index contributed by atoms with van der Waals surface area (Å²) in [4.78, 5) is 11.0. The Morgan fingerprint density at radius 2 is 2.31 bits per heavy atom. The van der Waals surface area contributed by atoms with E-state index in [0.717, 1.165) is 12.2 Å². The van der Waals surface area contributed by atoms with E-state index in [2.05, 4.69) is 0 Å². The zero-order chi connectivity index (χ0) is 11.5. The maximum atomic E-state index is 11.0. The molecule has 1 atom stereocenters. The zero-order valence-corrected chi connectivity index (χ0v) is 8.96. The van der Waals surface area contributed by atoms with Crippen molar-refractivity contribution in [2.45, 2.75) is 19.4 Å². The minimum atomic E-state index is -0.921. The Labute approximate surface area is 93.1 Å². The minimum Gasteiger partial charge on any atom is -0.477 e. The molecular formula is C12H13NO3. The fourth-order valence-corrected chi connectivity index (χ4v) is 1.86. The number of carbonyl (C=O) groups is 1. The quantitative estimate of drug-likeness (QED) is 0.860. The van der Waals surface area contributed by atoms with E-state index in [1.165, 1.54) is 0 Å². The average Bonchev–Trinajstić information content (AvgIpc) is 2.88. The van der Waals surface area contributed by atoms with Gasteiger partial charge in [-0.3, -0.25) is 0 Å². The van der Waals surface area contributed by atoms with Crippen LogP contribution in [0.4, 0.5) is 0 Å². The topological polar surface area (TPSA) is 55.4 Å². The summed E-state index contributed by atoms with van der Waals surface area (Å²) in [6.07, 6.45) is 4.14. The van der Waals surface area contributed by atoms with Gasteiger partial charge >= 0.3 is 5.97 Å². The van der Waals surface area contributed by atoms with E-state index in [9.17, 15) is 4.79 Å². The summed E-state index contributed by atoms with van der Waals surface area (Å²) in [5.74, 6) is -0.142. The van der Waals surface area contributed by atoms with Crippen LogP contribution in [0.5, 0.6) is 0 Å². The first-order valence-corrected chi connectivity index (χ1v) is 5.17. The van der Waals surface area contributed by atoms with Gasteiger partial charge in [0.05, 0.1) is 12.3 Å². The Morgan fingerprint density at radius 3 is 2.88 bits per heavy atom. The normalized spacial score (nSPS) is 12.6. The van der Waals surface area contributed by atoms with Gasteiger partial charge in [-0.25, -0.2) is 4.79 Å². The van der Waals surface area contributed by atoms with Crippen LogP contribution in [-0.4, -0.2) is 15.6 Å². The second kappa shape index (κ2) is 4.26. The van der Waals surface area contributed by atoms with E-state index in [1.54, 1.807) is 29.2 Å². The molecule has 2 aromatic rings. The number of nitrogens with zero attached hydrogens (tertiary/aromatic N) is 1. The highest BCUT2D eigenvalue weighted by atomic mass is 16.4. The largest absolute Gasteiger partial charge is 0.477 e. The monoisotopic (exact) mass is 219 g/mol. The van der Waals surface area contributed by atoms with Gasteiger partial charge in [0.2, 0.25) is 0 Å². The summed E-state index contributed by atoms with van der Waals surface area (Å²) in [6.45, 7) is 2.00. The third kappa shape index (κ3) is 1.74. The summed E-state index contributed by atoms with van der Waals surface area (Å²) >= 11 is 0. The molecular weight excluding hydrogens is 206 g/mol. The van der Waals surface area contributed by atoms with Crippen molar-refractivity contribution in [1.82, 2.24) is 4.57 Å². The highest BCUT2D eigenvalue weighted by Gasteiger charge is 2.19. The first-order chi connectivity index (χ1) is 7.74. The second-order valence-corrected chi connectivity index (χ2v) is 3.55. The summed E-state index contributed by atoms with van der Waals surface area (Å²) in [5, 5.41) is 9.05. The second-order valence-electron chi connectivity index (χ2n) is 3.55. The highest BCUT2D eigenvalue weighted by molar-refractivity contribution is 5.85. The number of aromatic carboxylic acids is 1. The van der Waals surface area contributed by atoms with Crippen LogP contribution in [0.3, 0.4) is 0 Å². The van der Waals surface area contributed by atoms with E-state index in [0.29, 0.717) is 0 Å². The third-order valence-electron chi connectivity index (χ3n) is 2.59. The van der Waals surface area contributed by atoms with E-state index in [-0.39, 0.29) is 11.7 Å². The van der Waals surface area contributed by atoms with Crippen molar-refractivity contribution in [1.29, 1.82) is 0 Å². The predicted octanol–water partition coefficient (Wildman–Crippen LogP) is 2.78. The van der Waals surface area contributed by atoms with Gasteiger partial charge < -0.3 is 14.1 Å². The number of hydrogen-bond donors (Lipinski definition) is 1. The molecule has 1 N–H and O–H groups in total. The van der Waals surface area contributed by atoms with Crippen molar-refractivity contribution in [3.05, 3.63) is 48.2 Å². The number of rotatable bonds is 4. The number of hydrogen-bond acceptors (Lipinski definition) is 2. The lowest BCUT2D eigenvalue weighted by Gasteiger charge is -2.16. The van der Waals surface area contributed by atoms with Crippen molar-refractivity contribution in [3.63, 3.8) is 0 Å². The summed E-state index contributed by atoms with van der Waals surface area (Å²) in [6, 6.07) is 6.93. The molecule has 0 saturated carbocycles. The van der Waals surface area contributed by atoms with E-state index < -0.39 is 5.97 Å². The Hall–Kier alpha value is -1.97. The molecule has 4 heteroatoms. The molecule has 2 rings (SSSR count). The molecule has 0 radical (unpaired) electrons.